The first-order valence-corrected chi connectivity index (χ1v) is 11.5. The third-order valence-electron chi connectivity index (χ3n) is 5.86. The van der Waals surface area contributed by atoms with Gasteiger partial charge in [-0.15, -0.1) is 0 Å². The summed E-state index contributed by atoms with van der Waals surface area (Å²) in [7, 11) is 3.25. The first-order chi connectivity index (χ1) is 16.6. The Hall–Kier alpha value is -3.52. The number of nitrogens with zero attached hydrogens (tertiary/aromatic N) is 2. The van der Waals surface area contributed by atoms with E-state index in [1.165, 1.54) is 0 Å². The summed E-state index contributed by atoms with van der Waals surface area (Å²) < 4.78 is 24.3. The van der Waals surface area contributed by atoms with E-state index in [1.807, 2.05) is 55.5 Å². The molecule has 1 unspecified atom stereocenters. The molecule has 8 heteroatoms. The van der Waals surface area contributed by atoms with Gasteiger partial charge in [-0.1, -0.05) is 6.07 Å². The number of amides is 1. The molecular weight excluding hydrogens is 434 g/mol. The van der Waals surface area contributed by atoms with Gasteiger partial charge in [-0.05, 0) is 62.6 Å². The minimum Gasteiger partial charge on any atom is -0.497 e. The molecule has 1 amide bonds. The number of rotatable bonds is 10. The Morgan fingerprint density at radius 2 is 1.88 bits per heavy atom. The smallest absolute Gasteiger partial charge is 0.226 e. The molecule has 1 aliphatic heterocycles. The van der Waals surface area contributed by atoms with Gasteiger partial charge in [0.1, 0.15) is 17.2 Å². The van der Waals surface area contributed by atoms with E-state index in [-0.39, 0.29) is 12.0 Å². The van der Waals surface area contributed by atoms with Crippen LogP contribution in [0.2, 0.25) is 0 Å². The van der Waals surface area contributed by atoms with Gasteiger partial charge in [0, 0.05) is 31.2 Å². The molecule has 34 heavy (non-hydrogen) atoms. The zero-order valence-electron chi connectivity index (χ0n) is 19.9. The van der Waals surface area contributed by atoms with Gasteiger partial charge < -0.3 is 24.3 Å². The molecule has 0 saturated carbocycles. The monoisotopic (exact) mass is 465 g/mol. The molecule has 1 aromatic heterocycles. The van der Waals surface area contributed by atoms with Crippen LogP contribution >= 0.6 is 0 Å². The van der Waals surface area contributed by atoms with Crippen molar-refractivity contribution in [2.75, 3.05) is 27.4 Å². The Morgan fingerprint density at radius 3 is 2.59 bits per heavy atom. The predicted molar refractivity (Wildman–Crippen MR) is 128 cm³/mol. The van der Waals surface area contributed by atoms with Gasteiger partial charge in [0.2, 0.25) is 11.8 Å². The summed E-state index contributed by atoms with van der Waals surface area (Å²) in [6.45, 7) is 3.25. The molecule has 0 bridgehead atoms. The summed E-state index contributed by atoms with van der Waals surface area (Å²) in [5.41, 5.74) is 2.52. The molecule has 0 spiro atoms. The summed E-state index contributed by atoms with van der Waals surface area (Å²) in [6.07, 6.45) is 2.99. The fourth-order valence-electron chi connectivity index (χ4n) is 3.97. The first kappa shape index (κ1) is 23.6. The van der Waals surface area contributed by atoms with Crippen LogP contribution in [-0.4, -0.2) is 49.2 Å². The van der Waals surface area contributed by atoms with Crippen molar-refractivity contribution >= 4 is 5.91 Å². The highest BCUT2D eigenvalue weighted by Crippen LogP contribution is 2.33. The number of carbonyl (C=O) groups excluding carboxylic acids is 1. The lowest BCUT2D eigenvalue weighted by molar-refractivity contribution is -0.121. The van der Waals surface area contributed by atoms with E-state index in [4.69, 9.17) is 24.0 Å². The summed E-state index contributed by atoms with van der Waals surface area (Å²) in [4.78, 5) is 12.5. The molecule has 4 rings (SSSR count). The van der Waals surface area contributed by atoms with Crippen LogP contribution in [0.1, 0.15) is 30.5 Å². The van der Waals surface area contributed by atoms with E-state index in [0.717, 1.165) is 42.1 Å². The summed E-state index contributed by atoms with van der Waals surface area (Å²) in [5.74, 6) is 2.63. The summed E-state index contributed by atoms with van der Waals surface area (Å²) in [5, 5.41) is 7.72. The average Bonchev–Trinajstić information content (AvgIpc) is 3.49. The molecule has 0 radical (unpaired) electrons. The lowest BCUT2D eigenvalue weighted by Crippen LogP contribution is -2.31. The Labute approximate surface area is 199 Å². The third-order valence-corrected chi connectivity index (χ3v) is 5.86. The van der Waals surface area contributed by atoms with Crippen LogP contribution in [0.25, 0.3) is 5.69 Å². The van der Waals surface area contributed by atoms with E-state index >= 15 is 0 Å². The largest absolute Gasteiger partial charge is 0.497 e. The zero-order valence-corrected chi connectivity index (χ0v) is 19.9. The standard InChI is InChI=1S/C26H31N3O5/c1-18-24(13-14-25(30)27-17-23-8-5-15-33-23)26(34-22-7-4-6-21(16-22)32-3)29(28-18)19-9-11-20(31-2)12-10-19/h4,6-7,9-12,16,23H,5,8,13-15,17H2,1-3H3,(H,27,30). The minimum absolute atomic E-state index is 0.0144. The highest BCUT2D eigenvalue weighted by Gasteiger charge is 2.21. The Balaban J connectivity index is 1.57. The van der Waals surface area contributed by atoms with Gasteiger partial charge in [-0.3, -0.25) is 4.79 Å². The lowest BCUT2D eigenvalue weighted by Gasteiger charge is -2.13. The number of benzene rings is 2. The van der Waals surface area contributed by atoms with Crippen LogP contribution < -0.4 is 19.5 Å². The van der Waals surface area contributed by atoms with Crippen molar-refractivity contribution in [2.24, 2.45) is 0 Å². The van der Waals surface area contributed by atoms with E-state index < -0.39 is 0 Å². The number of ether oxygens (including phenoxy) is 4. The fourth-order valence-corrected chi connectivity index (χ4v) is 3.97. The molecule has 1 atom stereocenters. The van der Waals surface area contributed by atoms with Gasteiger partial charge in [-0.2, -0.15) is 5.10 Å². The number of nitrogens with one attached hydrogen (secondary N) is 1. The van der Waals surface area contributed by atoms with Crippen molar-refractivity contribution in [3.8, 4) is 28.8 Å². The molecule has 2 heterocycles. The van der Waals surface area contributed by atoms with E-state index in [9.17, 15) is 4.79 Å². The molecule has 1 fully saturated rings. The van der Waals surface area contributed by atoms with Crippen LogP contribution in [0, 0.1) is 6.92 Å². The second kappa shape index (κ2) is 11.1. The maximum atomic E-state index is 12.5. The Morgan fingerprint density at radius 1 is 1.12 bits per heavy atom. The number of aromatic nitrogens is 2. The lowest BCUT2D eigenvalue weighted by atomic mass is 10.1. The maximum Gasteiger partial charge on any atom is 0.226 e. The van der Waals surface area contributed by atoms with E-state index in [2.05, 4.69) is 5.32 Å². The van der Waals surface area contributed by atoms with Crippen LogP contribution in [-0.2, 0) is 16.0 Å². The summed E-state index contributed by atoms with van der Waals surface area (Å²) in [6, 6.07) is 15.0. The molecule has 2 aromatic carbocycles. The maximum absolute atomic E-state index is 12.5. The number of methoxy groups -OCH3 is 2. The van der Waals surface area contributed by atoms with Gasteiger partial charge in [0.15, 0.2) is 0 Å². The number of aryl methyl sites for hydroxylation is 1. The Bertz CT molecular complexity index is 1100. The zero-order chi connectivity index (χ0) is 23.9. The van der Waals surface area contributed by atoms with Crippen molar-refractivity contribution < 1.29 is 23.7 Å². The van der Waals surface area contributed by atoms with Crippen molar-refractivity contribution in [1.29, 1.82) is 0 Å². The van der Waals surface area contributed by atoms with Crippen LogP contribution in [0.3, 0.4) is 0 Å². The predicted octanol–water partition coefficient (Wildman–Crippen LogP) is 4.22. The van der Waals surface area contributed by atoms with Gasteiger partial charge >= 0.3 is 0 Å². The molecule has 180 valence electrons. The molecular formula is C26H31N3O5. The third kappa shape index (κ3) is 5.69. The van der Waals surface area contributed by atoms with Crippen molar-refractivity contribution in [2.45, 2.75) is 38.7 Å². The van der Waals surface area contributed by atoms with Crippen molar-refractivity contribution in [3.05, 3.63) is 59.8 Å². The SMILES string of the molecule is COc1ccc(-n2nc(C)c(CCC(=O)NCC3CCCO3)c2Oc2cccc(OC)c2)cc1. The van der Waals surface area contributed by atoms with E-state index in [0.29, 0.717) is 36.8 Å². The second-order valence-electron chi connectivity index (χ2n) is 8.20. The first-order valence-electron chi connectivity index (χ1n) is 11.5. The van der Waals surface area contributed by atoms with Crippen LogP contribution in [0.4, 0.5) is 0 Å². The quantitative estimate of drug-likeness (QED) is 0.483. The number of carbonyl (C=O) groups is 1. The van der Waals surface area contributed by atoms with Crippen LogP contribution in [0.15, 0.2) is 48.5 Å². The van der Waals surface area contributed by atoms with Gasteiger partial charge in [0.25, 0.3) is 0 Å². The molecule has 1 saturated heterocycles. The summed E-state index contributed by atoms with van der Waals surface area (Å²) >= 11 is 0. The average molecular weight is 466 g/mol. The highest BCUT2D eigenvalue weighted by molar-refractivity contribution is 5.76. The van der Waals surface area contributed by atoms with Crippen LogP contribution in [0.5, 0.6) is 23.1 Å². The fraction of sp³-hybridized carbons (Fsp3) is 0.385. The number of hydrogen-bond donors (Lipinski definition) is 1. The number of hydrogen-bond acceptors (Lipinski definition) is 6. The van der Waals surface area contributed by atoms with Gasteiger partial charge in [0.05, 0.1) is 31.7 Å². The minimum atomic E-state index is -0.0144. The molecule has 3 aromatic rings. The second-order valence-corrected chi connectivity index (χ2v) is 8.20. The Kier molecular flexibility index (Phi) is 7.69. The highest BCUT2D eigenvalue weighted by atomic mass is 16.5. The normalized spacial score (nSPS) is 15.2. The molecule has 1 N–H and O–H groups in total. The van der Waals surface area contributed by atoms with E-state index in [1.54, 1.807) is 18.9 Å². The topological polar surface area (TPSA) is 83.8 Å². The van der Waals surface area contributed by atoms with Gasteiger partial charge in [-0.25, -0.2) is 4.68 Å². The van der Waals surface area contributed by atoms with Crippen molar-refractivity contribution in [1.82, 2.24) is 15.1 Å². The molecule has 1 aliphatic rings. The van der Waals surface area contributed by atoms with Crippen molar-refractivity contribution in [3.63, 3.8) is 0 Å². The molecule has 0 aliphatic carbocycles. The molecule has 8 nitrogen and oxygen atoms in total.